The maximum atomic E-state index is 14.1. The average molecular weight is 275 g/mol. The van der Waals surface area contributed by atoms with Crippen molar-refractivity contribution in [3.05, 3.63) is 70.3 Å². The lowest BCUT2D eigenvalue weighted by molar-refractivity contribution is 0.482. The van der Waals surface area contributed by atoms with Crippen LogP contribution in [0.1, 0.15) is 35.2 Å². The first-order valence-electron chi connectivity index (χ1n) is 6.79. The molecule has 0 bridgehead atoms. The van der Waals surface area contributed by atoms with Crippen molar-refractivity contribution >= 4 is 0 Å². The number of rotatable bonds is 4. The van der Waals surface area contributed by atoms with E-state index in [1.165, 1.54) is 5.56 Å². The first-order chi connectivity index (χ1) is 9.58. The molecule has 1 nitrogen and oxygen atoms in total. The van der Waals surface area contributed by atoms with Gasteiger partial charge in [-0.05, 0) is 37.1 Å². The molecule has 3 heteroatoms. The molecule has 0 aliphatic rings. The molecule has 2 rings (SSSR count). The fourth-order valence-corrected chi connectivity index (χ4v) is 2.33. The number of halogens is 2. The highest BCUT2D eigenvalue weighted by Gasteiger charge is 2.19. The van der Waals surface area contributed by atoms with Gasteiger partial charge in [-0.25, -0.2) is 8.78 Å². The van der Waals surface area contributed by atoms with Crippen LogP contribution in [-0.2, 0) is 6.42 Å². The molecule has 1 unspecified atom stereocenters. The molecule has 2 aromatic rings. The highest BCUT2D eigenvalue weighted by Crippen LogP contribution is 2.27. The normalized spacial score (nSPS) is 12.4. The van der Waals surface area contributed by atoms with Crippen molar-refractivity contribution in [2.24, 2.45) is 0 Å². The molecular formula is C17H19F2N. The third-order valence-electron chi connectivity index (χ3n) is 3.63. The van der Waals surface area contributed by atoms with E-state index in [-0.39, 0.29) is 6.04 Å². The van der Waals surface area contributed by atoms with Gasteiger partial charge in [-0.3, -0.25) is 0 Å². The van der Waals surface area contributed by atoms with Crippen LogP contribution in [0.25, 0.3) is 0 Å². The minimum atomic E-state index is -0.774. The Kier molecular flexibility index (Phi) is 4.50. The second kappa shape index (κ2) is 6.14. The molecule has 0 amide bonds. The number of benzene rings is 2. The highest BCUT2D eigenvalue weighted by atomic mass is 19.2. The number of aryl methyl sites for hydroxylation is 2. The summed E-state index contributed by atoms with van der Waals surface area (Å²) in [5.74, 6) is -1.54. The van der Waals surface area contributed by atoms with Gasteiger partial charge in [0.05, 0.1) is 6.04 Å². The molecule has 1 N–H and O–H groups in total. The van der Waals surface area contributed by atoms with Gasteiger partial charge in [0, 0.05) is 5.56 Å². The topological polar surface area (TPSA) is 12.0 Å². The third kappa shape index (κ3) is 2.73. The SMILES string of the molecule is CCc1ccc(C(NC)c2ccc(C)c(F)c2F)cc1. The molecule has 0 spiro atoms. The maximum absolute atomic E-state index is 14.1. The minimum absolute atomic E-state index is 0.322. The second-order valence-corrected chi connectivity index (χ2v) is 4.92. The zero-order valence-corrected chi connectivity index (χ0v) is 12.0. The zero-order chi connectivity index (χ0) is 14.7. The predicted molar refractivity (Wildman–Crippen MR) is 77.8 cm³/mol. The molecule has 1 atom stereocenters. The second-order valence-electron chi connectivity index (χ2n) is 4.92. The molecule has 0 fully saturated rings. The van der Waals surface area contributed by atoms with E-state index in [1.54, 1.807) is 26.1 Å². The predicted octanol–water partition coefficient (Wildman–Crippen LogP) is 4.14. The lowest BCUT2D eigenvalue weighted by Crippen LogP contribution is -2.19. The third-order valence-corrected chi connectivity index (χ3v) is 3.63. The van der Waals surface area contributed by atoms with Gasteiger partial charge < -0.3 is 5.32 Å². The fourth-order valence-electron chi connectivity index (χ4n) is 2.33. The lowest BCUT2D eigenvalue weighted by atomic mass is 9.96. The summed E-state index contributed by atoms with van der Waals surface area (Å²) in [4.78, 5) is 0. The Morgan fingerprint density at radius 2 is 1.65 bits per heavy atom. The van der Waals surface area contributed by atoms with Crippen molar-refractivity contribution in [1.82, 2.24) is 5.32 Å². The van der Waals surface area contributed by atoms with E-state index in [0.717, 1.165) is 12.0 Å². The summed E-state index contributed by atoms with van der Waals surface area (Å²) < 4.78 is 27.8. The first kappa shape index (κ1) is 14.7. The fraction of sp³-hybridized carbons (Fsp3) is 0.294. The Hall–Kier alpha value is -1.74. The van der Waals surface area contributed by atoms with Crippen LogP contribution in [-0.4, -0.2) is 7.05 Å². The van der Waals surface area contributed by atoms with E-state index >= 15 is 0 Å². The number of nitrogens with one attached hydrogen (secondary N) is 1. The lowest BCUT2D eigenvalue weighted by Gasteiger charge is -2.19. The maximum Gasteiger partial charge on any atom is 0.164 e. The molecule has 0 radical (unpaired) electrons. The summed E-state index contributed by atoms with van der Waals surface area (Å²) in [6, 6.07) is 10.8. The van der Waals surface area contributed by atoms with Gasteiger partial charge in [0.2, 0.25) is 0 Å². The Bertz CT molecular complexity index is 591. The van der Waals surface area contributed by atoms with E-state index < -0.39 is 11.6 Å². The van der Waals surface area contributed by atoms with Crippen molar-refractivity contribution in [1.29, 1.82) is 0 Å². The summed E-state index contributed by atoms with van der Waals surface area (Å²) in [5, 5.41) is 3.05. The molecule has 0 aromatic heterocycles. The molecular weight excluding hydrogens is 256 g/mol. The summed E-state index contributed by atoms with van der Waals surface area (Å²) in [6.45, 7) is 3.65. The van der Waals surface area contributed by atoms with Crippen LogP contribution >= 0.6 is 0 Å². The summed E-state index contributed by atoms with van der Waals surface area (Å²) in [6.07, 6.45) is 0.956. The van der Waals surface area contributed by atoms with Gasteiger partial charge in [0.15, 0.2) is 11.6 Å². The van der Waals surface area contributed by atoms with Crippen LogP contribution in [0.15, 0.2) is 36.4 Å². The number of hydrogen-bond donors (Lipinski definition) is 1. The van der Waals surface area contributed by atoms with E-state index in [4.69, 9.17) is 0 Å². The first-order valence-corrected chi connectivity index (χ1v) is 6.79. The Labute approximate surface area is 118 Å². The van der Waals surface area contributed by atoms with E-state index in [2.05, 4.69) is 12.2 Å². The van der Waals surface area contributed by atoms with Crippen LogP contribution in [0.5, 0.6) is 0 Å². The van der Waals surface area contributed by atoms with Gasteiger partial charge in [-0.1, -0.05) is 43.3 Å². The number of hydrogen-bond acceptors (Lipinski definition) is 1. The van der Waals surface area contributed by atoms with Crippen molar-refractivity contribution in [2.75, 3.05) is 7.05 Å². The largest absolute Gasteiger partial charge is 0.309 e. The van der Waals surface area contributed by atoms with Crippen molar-refractivity contribution in [2.45, 2.75) is 26.3 Å². The van der Waals surface area contributed by atoms with Crippen molar-refractivity contribution in [3.63, 3.8) is 0 Å². The average Bonchev–Trinajstić information content (AvgIpc) is 2.48. The monoisotopic (exact) mass is 275 g/mol. The van der Waals surface area contributed by atoms with Crippen LogP contribution < -0.4 is 5.32 Å². The van der Waals surface area contributed by atoms with E-state index in [9.17, 15) is 8.78 Å². The molecule has 0 heterocycles. The Balaban J connectivity index is 2.44. The van der Waals surface area contributed by atoms with Gasteiger partial charge in [0.25, 0.3) is 0 Å². The van der Waals surface area contributed by atoms with E-state index in [1.807, 2.05) is 24.3 Å². The van der Waals surface area contributed by atoms with Crippen molar-refractivity contribution in [3.8, 4) is 0 Å². The Morgan fingerprint density at radius 1 is 1.00 bits per heavy atom. The van der Waals surface area contributed by atoms with Gasteiger partial charge in [-0.15, -0.1) is 0 Å². The smallest absolute Gasteiger partial charge is 0.164 e. The minimum Gasteiger partial charge on any atom is -0.309 e. The molecule has 0 saturated carbocycles. The molecule has 20 heavy (non-hydrogen) atoms. The molecule has 0 saturated heterocycles. The van der Waals surface area contributed by atoms with Gasteiger partial charge >= 0.3 is 0 Å². The molecule has 2 aromatic carbocycles. The van der Waals surface area contributed by atoms with Crippen LogP contribution in [0.4, 0.5) is 8.78 Å². The molecule has 106 valence electrons. The van der Waals surface area contributed by atoms with Crippen LogP contribution in [0.3, 0.4) is 0 Å². The zero-order valence-electron chi connectivity index (χ0n) is 12.0. The highest BCUT2D eigenvalue weighted by molar-refractivity contribution is 5.36. The van der Waals surface area contributed by atoms with Crippen LogP contribution in [0, 0.1) is 18.6 Å². The quantitative estimate of drug-likeness (QED) is 0.884. The summed E-state index contributed by atoms with van der Waals surface area (Å²) in [7, 11) is 1.75. The summed E-state index contributed by atoms with van der Waals surface area (Å²) >= 11 is 0. The Morgan fingerprint density at radius 3 is 2.20 bits per heavy atom. The van der Waals surface area contributed by atoms with Gasteiger partial charge in [-0.2, -0.15) is 0 Å². The van der Waals surface area contributed by atoms with E-state index in [0.29, 0.717) is 11.1 Å². The molecule has 0 aliphatic heterocycles. The summed E-state index contributed by atoms with van der Waals surface area (Å²) in [5.41, 5.74) is 2.80. The van der Waals surface area contributed by atoms with Crippen molar-refractivity contribution < 1.29 is 8.78 Å². The standard InChI is InChI=1S/C17H19F2N/c1-4-12-6-8-13(9-7-12)17(20-3)14-10-5-11(2)15(18)16(14)19/h5-10,17,20H,4H2,1-3H3. The molecule has 0 aliphatic carbocycles. The van der Waals surface area contributed by atoms with Gasteiger partial charge in [0.1, 0.15) is 0 Å². The van der Waals surface area contributed by atoms with Crippen LogP contribution in [0.2, 0.25) is 0 Å².